The number of nitrogens with one attached hydrogen (secondary N) is 1. The number of aromatic amines is 1. The van der Waals surface area contributed by atoms with Gasteiger partial charge in [-0.05, 0) is 54.8 Å². The molecule has 96 valence electrons. The van der Waals surface area contributed by atoms with Crippen LogP contribution in [0.15, 0.2) is 36.4 Å². The molecule has 0 spiro atoms. The summed E-state index contributed by atoms with van der Waals surface area (Å²) in [5.41, 5.74) is 11.9. The Balaban J connectivity index is 2.23. The Hall–Kier alpha value is -2.42. The maximum absolute atomic E-state index is 9.87. The molecule has 0 fully saturated rings. The van der Waals surface area contributed by atoms with Crippen molar-refractivity contribution < 1.29 is 5.11 Å². The Bertz CT molecular complexity index is 733. The van der Waals surface area contributed by atoms with E-state index >= 15 is 0 Å². The third kappa shape index (κ3) is 1.83. The molecule has 0 atom stereocenters. The largest absolute Gasteiger partial charge is 0.506 e. The number of phenols is 1. The summed E-state index contributed by atoms with van der Waals surface area (Å²) >= 11 is 0. The summed E-state index contributed by atoms with van der Waals surface area (Å²) < 4.78 is 0. The Kier molecular flexibility index (Phi) is 2.49. The van der Waals surface area contributed by atoms with Crippen molar-refractivity contribution in [3.63, 3.8) is 0 Å². The van der Waals surface area contributed by atoms with Crippen LogP contribution >= 0.6 is 0 Å². The number of aromatic hydroxyl groups is 1. The van der Waals surface area contributed by atoms with Gasteiger partial charge in [0.05, 0.1) is 5.52 Å². The van der Waals surface area contributed by atoms with E-state index in [1.165, 1.54) is 11.1 Å². The average molecular weight is 252 g/mol. The third-order valence-corrected chi connectivity index (χ3v) is 3.62. The molecule has 0 aliphatic rings. The van der Waals surface area contributed by atoms with Crippen molar-refractivity contribution in [2.24, 2.45) is 0 Å². The molecule has 0 aliphatic carbocycles. The van der Waals surface area contributed by atoms with Crippen molar-refractivity contribution in [1.82, 2.24) is 4.98 Å². The van der Waals surface area contributed by atoms with Gasteiger partial charge in [0.15, 0.2) is 0 Å². The van der Waals surface area contributed by atoms with Crippen LogP contribution in [0.5, 0.6) is 5.75 Å². The molecule has 19 heavy (non-hydrogen) atoms. The van der Waals surface area contributed by atoms with Crippen molar-refractivity contribution >= 4 is 16.6 Å². The van der Waals surface area contributed by atoms with E-state index in [1.54, 1.807) is 12.1 Å². The van der Waals surface area contributed by atoms with E-state index < -0.39 is 0 Å². The fraction of sp³-hybridized carbons (Fsp3) is 0.125. The Labute approximate surface area is 111 Å². The number of fused-ring (bicyclic) bond motifs is 1. The van der Waals surface area contributed by atoms with Crippen LogP contribution in [0.1, 0.15) is 11.1 Å². The van der Waals surface area contributed by atoms with Crippen molar-refractivity contribution in [1.29, 1.82) is 0 Å². The fourth-order valence-electron chi connectivity index (χ4n) is 2.29. The number of hydrogen-bond acceptors (Lipinski definition) is 2. The first-order valence-corrected chi connectivity index (χ1v) is 6.24. The second kappa shape index (κ2) is 4.05. The molecule has 0 radical (unpaired) electrons. The summed E-state index contributed by atoms with van der Waals surface area (Å²) in [6, 6.07) is 11.6. The maximum Gasteiger partial charge on any atom is 0.139 e. The van der Waals surface area contributed by atoms with Crippen LogP contribution in [-0.4, -0.2) is 10.1 Å². The fourth-order valence-corrected chi connectivity index (χ4v) is 2.29. The van der Waals surface area contributed by atoms with Gasteiger partial charge in [-0.1, -0.05) is 12.1 Å². The monoisotopic (exact) mass is 252 g/mol. The molecule has 2 aromatic carbocycles. The third-order valence-electron chi connectivity index (χ3n) is 3.62. The number of H-pyrrole nitrogens is 1. The van der Waals surface area contributed by atoms with Crippen LogP contribution in [0.2, 0.25) is 0 Å². The molecule has 0 aliphatic heterocycles. The topological polar surface area (TPSA) is 62.0 Å². The second-order valence-electron chi connectivity index (χ2n) is 4.94. The molecule has 0 saturated heterocycles. The number of hydrogen-bond donors (Lipinski definition) is 3. The van der Waals surface area contributed by atoms with Crippen molar-refractivity contribution in [3.8, 4) is 17.0 Å². The van der Waals surface area contributed by atoms with Crippen molar-refractivity contribution in [3.05, 3.63) is 47.5 Å². The summed E-state index contributed by atoms with van der Waals surface area (Å²) in [4.78, 5) is 3.24. The number of rotatable bonds is 1. The first-order valence-electron chi connectivity index (χ1n) is 6.24. The van der Waals surface area contributed by atoms with E-state index in [-0.39, 0.29) is 5.75 Å². The Morgan fingerprint density at radius 3 is 2.47 bits per heavy atom. The maximum atomic E-state index is 9.87. The SMILES string of the molecule is Cc1ccc(-c2cc3c(N)ccc(O)c3[nH]2)cc1C. The molecule has 0 amide bonds. The normalized spacial score (nSPS) is 11.1. The molecule has 0 saturated carbocycles. The highest BCUT2D eigenvalue weighted by Crippen LogP contribution is 2.33. The van der Waals surface area contributed by atoms with E-state index in [0.717, 1.165) is 16.6 Å². The highest BCUT2D eigenvalue weighted by Gasteiger charge is 2.09. The minimum absolute atomic E-state index is 0.222. The van der Waals surface area contributed by atoms with Crippen molar-refractivity contribution in [2.75, 3.05) is 5.73 Å². The zero-order valence-electron chi connectivity index (χ0n) is 11.0. The van der Waals surface area contributed by atoms with Crippen LogP contribution < -0.4 is 5.73 Å². The van der Waals surface area contributed by atoms with Gasteiger partial charge < -0.3 is 15.8 Å². The standard InChI is InChI=1S/C16H16N2O/c1-9-3-4-11(7-10(9)2)14-8-12-13(17)5-6-15(19)16(12)18-14/h3-8,18-19H,17H2,1-2H3. The minimum Gasteiger partial charge on any atom is -0.506 e. The average Bonchev–Trinajstić information content (AvgIpc) is 2.83. The van der Waals surface area contributed by atoms with Gasteiger partial charge in [-0.2, -0.15) is 0 Å². The predicted molar refractivity (Wildman–Crippen MR) is 79.3 cm³/mol. The quantitative estimate of drug-likeness (QED) is 0.456. The van der Waals surface area contributed by atoms with E-state index in [1.807, 2.05) is 6.07 Å². The molecule has 3 nitrogen and oxygen atoms in total. The first-order chi connectivity index (χ1) is 9.06. The van der Waals surface area contributed by atoms with Gasteiger partial charge in [0.2, 0.25) is 0 Å². The van der Waals surface area contributed by atoms with E-state index in [2.05, 4.69) is 37.0 Å². The number of aromatic nitrogens is 1. The zero-order chi connectivity index (χ0) is 13.6. The number of nitrogen functional groups attached to an aromatic ring is 1. The summed E-state index contributed by atoms with van der Waals surface area (Å²) in [5.74, 6) is 0.222. The predicted octanol–water partition coefficient (Wildman–Crippen LogP) is 3.74. The van der Waals surface area contributed by atoms with Crippen LogP contribution in [0.25, 0.3) is 22.2 Å². The van der Waals surface area contributed by atoms with Gasteiger partial charge in [0.25, 0.3) is 0 Å². The summed E-state index contributed by atoms with van der Waals surface area (Å²) in [6.07, 6.45) is 0. The summed E-state index contributed by atoms with van der Waals surface area (Å²) in [7, 11) is 0. The molecule has 3 aromatic rings. The summed E-state index contributed by atoms with van der Waals surface area (Å²) in [5, 5.41) is 10.7. The first kappa shape index (κ1) is 11.7. The van der Waals surface area contributed by atoms with Gasteiger partial charge in [-0.25, -0.2) is 0 Å². The van der Waals surface area contributed by atoms with Gasteiger partial charge in [0.1, 0.15) is 5.75 Å². The van der Waals surface area contributed by atoms with Crippen LogP contribution in [-0.2, 0) is 0 Å². The van der Waals surface area contributed by atoms with Gasteiger partial charge in [0, 0.05) is 16.8 Å². The molecular formula is C16H16N2O. The lowest BCUT2D eigenvalue weighted by Crippen LogP contribution is -1.84. The van der Waals surface area contributed by atoms with E-state index in [9.17, 15) is 5.11 Å². The molecule has 0 unspecified atom stereocenters. The minimum atomic E-state index is 0.222. The van der Waals surface area contributed by atoms with Crippen LogP contribution in [0, 0.1) is 13.8 Å². The number of aryl methyl sites for hydroxylation is 2. The number of benzene rings is 2. The molecule has 3 rings (SSSR count). The van der Waals surface area contributed by atoms with Crippen LogP contribution in [0.3, 0.4) is 0 Å². The lowest BCUT2D eigenvalue weighted by molar-refractivity contribution is 0.480. The summed E-state index contributed by atoms with van der Waals surface area (Å²) in [6.45, 7) is 4.18. The molecule has 1 heterocycles. The second-order valence-corrected chi connectivity index (χ2v) is 4.94. The Morgan fingerprint density at radius 1 is 1.00 bits per heavy atom. The molecule has 1 aromatic heterocycles. The number of anilines is 1. The Morgan fingerprint density at radius 2 is 1.79 bits per heavy atom. The molecular weight excluding hydrogens is 236 g/mol. The van der Waals surface area contributed by atoms with Gasteiger partial charge >= 0.3 is 0 Å². The smallest absolute Gasteiger partial charge is 0.139 e. The zero-order valence-corrected chi connectivity index (χ0v) is 11.0. The van der Waals surface area contributed by atoms with Crippen molar-refractivity contribution in [2.45, 2.75) is 13.8 Å². The highest BCUT2D eigenvalue weighted by atomic mass is 16.3. The molecule has 4 N–H and O–H groups in total. The van der Waals surface area contributed by atoms with E-state index in [4.69, 9.17) is 5.73 Å². The van der Waals surface area contributed by atoms with Crippen LogP contribution in [0.4, 0.5) is 5.69 Å². The van der Waals surface area contributed by atoms with E-state index in [0.29, 0.717) is 11.2 Å². The number of nitrogens with two attached hydrogens (primary N) is 1. The lowest BCUT2D eigenvalue weighted by atomic mass is 10.0. The molecule has 3 heteroatoms. The van der Waals surface area contributed by atoms with Gasteiger partial charge in [-0.3, -0.25) is 0 Å². The lowest BCUT2D eigenvalue weighted by Gasteiger charge is -2.03. The highest BCUT2D eigenvalue weighted by molar-refractivity contribution is 5.98. The van der Waals surface area contributed by atoms with Gasteiger partial charge in [-0.15, -0.1) is 0 Å². The number of phenolic OH excluding ortho intramolecular Hbond substituents is 1. The molecule has 0 bridgehead atoms.